The fourth-order valence-corrected chi connectivity index (χ4v) is 1.16. The third-order valence-corrected chi connectivity index (χ3v) is 2.35. The van der Waals surface area contributed by atoms with Gasteiger partial charge in [-0.1, -0.05) is 6.92 Å². The van der Waals surface area contributed by atoms with Crippen LogP contribution in [-0.4, -0.2) is 12.5 Å². The van der Waals surface area contributed by atoms with Crippen LogP contribution in [0.3, 0.4) is 0 Å². The number of amides is 1. The van der Waals surface area contributed by atoms with E-state index in [4.69, 9.17) is 5.73 Å². The van der Waals surface area contributed by atoms with Gasteiger partial charge in [0.05, 0.1) is 11.3 Å². The first-order valence-electron chi connectivity index (χ1n) is 5.13. The van der Waals surface area contributed by atoms with E-state index < -0.39 is 35.1 Å². The number of hydrogen-bond acceptors (Lipinski definition) is 2. The van der Waals surface area contributed by atoms with Crippen molar-refractivity contribution in [1.29, 1.82) is 0 Å². The number of alkyl halides is 3. The van der Waals surface area contributed by atoms with Crippen LogP contribution in [0.25, 0.3) is 0 Å². The Balaban J connectivity index is 0.00000324. The maximum Gasteiger partial charge on any atom is 0.416 e. The molecule has 1 aromatic carbocycles. The van der Waals surface area contributed by atoms with Gasteiger partial charge in [0.15, 0.2) is 0 Å². The molecule has 0 saturated carbocycles. The molecule has 0 fully saturated rings. The summed E-state index contributed by atoms with van der Waals surface area (Å²) in [5, 5.41) is 2.08. The third-order valence-electron chi connectivity index (χ3n) is 2.35. The molecular formula is C11H13ClF4N2O. The molecule has 1 amide bonds. The van der Waals surface area contributed by atoms with Gasteiger partial charge in [-0.15, -0.1) is 12.4 Å². The minimum Gasteiger partial charge on any atom is -0.330 e. The summed E-state index contributed by atoms with van der Waals surface area (Å²) in [6.07, 6.45) is -4.59. The van der Waals surface area contributed by atoms with Gasteiger partial charge in [-0.25, -0.2) is 4.39 Å². The van der Waals surface area contributed by atoms with Crippen LogP contribution < -0.4 is 11.1 Å². The second-order valence-electron chi connectivity index (χ2n) is 3.82. The van der Waals surface area contributed by atoms with Crippen LogP contribution in [0.15, 0.2) is 18.2 Å². The molecular weight excluding hydrogens is 288 g/mol. The molecule has 1 aromatic rings. The first-order valence-corrected chi connectivity index (χ1v) is 5.13. The standard InChI is InChI=1S/C11H12F4N2O.ClH/c1-6(5-16)10(18)17-9-4-7(11(13,14)15)2-3-8(9)12;/h2-4,6H,5,16H2,1H3,(H,17,18);1H. The predicted octanol–water partition coefficient (Wildman–Crippen LogP) is 2.80. The molecule has 0 aliphatic carbocycles. The zero-order valence-corrected chi connectivity index (χ0v) is 10.7. The van der Waals surface area contributed by atoms with E-state index in [1.807, 2.05) is 0 Å². The number of carbonyl (C=O) groups excluding carboxylic acids is 1. The van der Waals surface area contributed by atoms with E-state index in [-0.39, 0.29) is 19.0 Å². The monoisotopic (exact) mass is 300 g/mol. The number of benzene rings is 1. The van der Waals surface area contributed by atoms with Gasteiger partial charge in [-0.2, -0.15) is 13.2 Å². The van der Waals surface area contributed by atoms with Crippen LogP contribution in [0.1, 0.15) is 12.5 Å². The molecule has 0 saturated heterocycles. The third kappa shape index (κ3) is 4.68. The molecule has 0 aliphatic heterocycles. The van der Waals surface area contributed by atoms with E-state index in [1.165, 1.54) is 6.92 Å². The highest BCUT2D eigenvalue weighted by Crippen LogP contribution is 2.31. The maximum absolute atomic E-state index is 13.3. The second-order valence-corrected chi connectivity index (χ2v) is 3.82. The van der Waals surface area contributed by atoms with Crippen LogP contribution >= 0.6 is 12.4 Å². The Morgan fingerprint density at radius 3 is 2.47 bits per heavy atom. The van der Waals surface area contributed by atoms with Crippen molar-refractivity contribution in [2.75, 3.05) is 11.9 Å². The molecule has 8 heteroatoms. The fourth-order valence-electron chi connectivity index (χ4n) is 1.16. The van der Waals surface area contributed by atoms with Crippen LogP contribution in [0.4, 0.5) is 23.2 Å². The Hall–Kier alpha value is -1.34. The highest BCUT2D eigenvalue weighted by Gasteiger charge is 2.31. The molecule has 1 rings (SSSR count). The molecule has 0 radical (unpaired) electrons. The molecule has 108 valence electrons. The van der Waals surface area contributed by atoms with Gasteiger partial charge in [0, 0.05) is 12.5 Å². The molecule has 1 unspecified atom stereocenters. The van der Waals surface area contributed by atoms with Gasteiger partial charge in [0.25, 0.3) is 0 Å². The van der Waals surface area contributed by atoms with Gasteiger partial charge in [-0.05, 0) is 18.2 Å². The van der Waals surface area contributed by atoms with Gasteiger partial charge in [0.2, 0.25) is 5.91 Å². The van der Waals surface area contributed by atoms with Crippen molar-refractivity contribution in [3.63, 3.8) is 0 Å². The smallest absolute Gasteiger partial charge is 0.330 e. The number of nitrogens with one attached hydrogen (secondary N) is 1. The van der Waals surface area contributed by atoms with Crippen LogP contribution in [0, 0.1) is 11.7 Å². The van der Waals surface area contributed by atoms with Crippen LogP contribution in [0.2, 0.25) is 0 Å². The van der Waals surface area contributed by atoms with Gasteiger partial charge >= 0.3 is 6.18 Å². The topological polar surface area (TPSA) is 55.1 Å². The Kier molecular flexibility index (Phi) is 6.24. The van der Waals surface area contributed by atoms with E-state index in [0.29, 0.717) is 18.2 Å². The molecule has 0 aliphatic rings. The van der Waals surface area contributed by atoms with Gasteiger partial charge in [0.1, 0.15) is 5.82 Å². The number of halogens is 5. The quantitative estimate of drug-likeness (QED) is 0.843. The van der Waals surface area contributed by atoms with Crippen LogP contribution in [-0.2, 0) is 11.0 Å². The lowest BCUT2D eigenvalue weighted by Gasteiger charge is -2.13. The lowest BCUT2D eigenvalue weighted by molar-refractivity contribution is -0.137. The van der Waals surface area contributed by atoms with E-state index >= 15 is 0 Å². The molecule has 3 N–H and O–H groups in total. The van der Waals surface area contributed by atoms with Crippen LogP contribution in [0.5, 0.6) is 0 Å². The first kappa shape index (κ1) is 17.7. The number of hydrogen-bond donors (Lipinski definition) is 2. The molecule has 1 atom stereocenters. The molecule has 3 nitrogen and oxygen atoms in total. The highest BCUT2D eigenvalue weighted by molar-refractivity contribution is 5.92. The van der Waals surface area contributed by atoms with Crippen molar-refractivity contribution in [2.45, 2.75) is 13.1 Å². The molecule has 0 aromatic heterocycles. The van der Waals surface area contributed by atoms with E-state index in [1.54, 1.807) is 0 Å². The Morgan fingerprint density at radius 1 is 1.42 bits per heavy atom. The maximum atomic E-state index is 13.3. The molecule has 19 heavy (non-hydrogen) atoms. The minimum absolute atomic E-state index is 0. The summed E-state index contributed by atoms with van der Waals surface area (Å²) in [6, 6.07) is 1.82. The predicted molar refractivity (Wildman–Crippen MR) is 65.5 cm³/mol. The lowest BCUT2D eigenvalue weighted by Crippen LogP contribution is -2.27. The largest absolute Gasteiger partial charge is 0.416 e. The summed E-state index contributed by atoms with van der Waals surface area (Å²) in [5.41, 5.74) is 3.70. The summed E-state index contributed by atoms with van der Waals surface area (Å²) in [5.74, 6) is -2.17. The van der Waals surface area contributed by atoms with E-state index in [9.17, 15) is 22.4 Å². The second kappa shape index (κ2) is 6.72. The summed E-state index contributed by atoms with van der Waals surface area (Å²) in [4.78, 5) is 11.4. The number of rotatable bonds is 3. The Bertz CT molecular complexity index is 451. The van der Waals surface area contributed by atoms with Crippen molar-refractivity contribution in [3.05, 3.63) is 29.6 Å². The van der Waals surface area contributed by atoms with Crippen molar-refractivity contribution in [3.8, 4) is 0 Å². The summed E-state index contributed by atoms with van der Waals surface area (Å²) < 4.78 is 50.5. The lowest BCUT2D eigenvalue weighted by atomic mass is 10.1. The number of carbonyl (C=O) groups is 1. The minimum atomic E-state index is -4.59. The number of nitrogens with two attached hydrogens (primary N) is 1. The highest BCUT2D eigenvalue weighted by atomic mass is 35.5. The number of anilines is 1. The Labute approximate surface area is 113 Å². The van der Waals surface area contributed by atoms with Gasteiger partial charge in [-0.3, -0.25) is 4.79 Å². The summed E-state index contributed by atoms with van der Waals surface area (Å²) in [7, 11) is 0. The van der Waals surface area contributed by atoms with Crippen molar-refractivity contribution in [2.24, 2.45) is 11.7 Å². The van der Waals surface area contributed by atoms with E-state index in [2.05, 4.69) is 5.32 Å². The average Bonchev–Trinajstić information content (AvgIpc) is 2.29. The van der Waals surface area contributed by atoms with Crippen molar-refractivity contribution in [1.82, 2.24) is 0 Å². The fraction of sp³-hybridized carbons (Fsp3) is 0.364. The van der Waals surface area contributed by atoms with Gasteiger partial charge < -0.3 is 11.1 Å². The zero-order valence-electron chi connectivity index (χ0n) is 9.92. The average molecular weight is 301 g/mol. The normalized spacial score (nSPS) is 12.5. The Morgan fingerprint density at radius 2 is 2.00 bits per heavy atom. The summed E-state index contributed by atoms with van der Waals surface area (Å²) >= 11 is 0. The van der Waals surface area contributed by atoms with Crippen molar-refractivity contribution >= 4 is 24.0 Å². The first-order chi connectivity index (χ1) is 8.25. The van der Waals surface area contributed by atoms with E-state index in [0.717, 1.165) is 0 Å². The molecule has 0 bridgehead atoms. The molecule has 0 spiro atoms. The zero-order chi connectivity index (χ0) is 13.9. The van der Waals surface area contributed by atoms with Crippen molar-refractivity contribution < 1.29 is 22.4 Å². The summed E-state index contributed by atoms with van der Waals surface area (Å²) in [6.45, 7) is 1.51. The SMILES string of the molecule is CC(CN)C(=O)Nc1cc(C(F)(F)F)ccc1F.Cl. The molecule has 0 heterocycles.